The maximum absolute atomic E-state index is 16.5. The summed E-state index contributed by atoms with van der Waals surface area (Å²) in [6.07, 6.45) is -22.8. The van der Waals surface area contributed by atoms with Crippen molar-refractivity contribution in [2.24, 2.45) is 17.4 Å². The summed E-state index contributed by atoms with van der Waals surface area (Å²) in [5, 5.41) is 139. The predicted octanol–water partition coefficient (Wildman–Crippen LogP) is 3.33. The van der Waals surface area contributed by atoms with Crippen LogP contribution in [-0.4, -0.2) is 215 Å². The Hall–Kier alpha value is -10.6. The molecule has 0 aromatic heterocycles. The van der Waals surface area contributed by atoms with Gasteiger partial charge in [-0.25, -0.2) is 4.79 Å². The van der Waals surface area contributed by atoms with Crippen molar-refractivity contribution in [2.45, 2.75) is 207 Å². The van der Waals surface area contributed by atoms with E-state index >= 15 is 24.0 Å². The number of ether oxygens (including phenoxy) is 8. The van der Waals surface area contributed by atoms with Crippen molar-refractivity contribution < 1.29 is 127 Å². The van der Waals surface area contributed by atoms with E-state index < -0.39 is 261 Å². The number of primary amides is 1. The normalized spacial score (nSPS) is 30.2. The van der Waals surface area contributed by atoms with E-state index in [0.717, 1.165) is 64.9 Å². The molecule has 8 aliphatic heterocycles. The van der Waals surface area contributed by atoms with E-state index in [2.05, 4.69) is 42.5 Å². The Morgan fingerprint density at radius 2 is 1.27 bits per heavy atom. The molecule has 22 atom stereocenters. The average molecular weight is 1730 g/mol. The molecule has 8 heterocycles. The summed E-state index contributed by atoms with van der Waals surface area (Å²) in [7, 11) is 1.48. The number of carboxylic acid groups (broad SMARTS) is 1. The highest BCUT2D eigenvalue weighted by Crippen LogP contribution is 2.51. The molecule has 22 N–H and O–H groups in total. The van der Waals surface area contributed by atoms with Crippen LogP contribution < -0.4 is 68.2 Å². The summed E-state index contributed by atoms with van der Waals surface area (Å²) >= 11 is 14.7. The third-order valence-corrected chi connectivity index (χ3v) is 23.2. The number of carbonyl (C=O) groups is 8. The molecule has 3 saturated heterocycles. The number of amides is 7. The number of carbonyl (C=O) groups excluding carboxylic acids is 7. The second-order valence-electron chi connectivity index (χ2n) is 32.2. The van der Waals surface area contributed by atoms with Crippen molar-refractivity contribution in [1.29, 1.82) is 0 Å². The lowest BCUT2D eigenvalue weighted by Gasteiger charge is -2.48. The second-order valence-corrected chi connectivity index (χ2v) is 33.0. The van der Waals surface area contributed by atoms with Crippen LogP contribution >= 0.6 is 23.2 Å². The molecular formula is C84H96Cl2N10O26. The standard InChI is InChI=1S/C84H96Cl2N10O26/c1-34(2)20-49(89-7)75(107)95-65-67(102)41-15-18-53(47(85)23-41)117-55-25-43-26-56(71(55)122-82-72(69(104)68(103)57(33-97)119-82)121-60-31-84(6,74(106)36(4)116-60)90-32-37-12-13-38-10-8-9-11-39(38)21-37)118-54-19-16-42(24-48(54)86)70(120-59-30-83(5,88)73(105)35(3)115-59)66-80(112)94-64(81(113)114)46-27-44(98)28-52(100)61(46)45-22-40(14-17-51(45)99)62(77(109)96-66)93-78(110)63(43)92-76(108)50(29-58(87)101)91-79(65)111/h8-19,21-28,34-36,49-50,57,59-60,62-70,72-74,82,89-90,97-100,102-106H,20,29-33,88H2,1-7H3,(H2,87,101)(H,91,111)(H,92,108)(H,93,110)(H,94,112)(H,95,107)(H,96,109)(H,113,114)/t35-,36-,49+,50-,57+,59-,60-,62+,63+,64-,65+,66-,67+,68+,69-,70+,72+,73-,74-,82-,83-,84-/m0/s1. The molecule has 122 heavy (non-hydrogen) atoms. The molecule has 7 aromatic carbocycles. The molecule has 15 rings (SSSR count). The Bertz CT molecular complexity index is 5180. The summed E-state index contributed by atoms with van der Waals surface area (Å²) in [5.74, 6) is -16.1. The van der Waals surface area contributed by atoms with Gasteiger partial charge in [0.2, 0.25) is 53.4 Å². The largest absolute Gasteiger partial charge is 0.508 e. The highest BCUT2D eigenvalue weighted by Gasteiger charge is 2.53. The van der Waals surface area contributed by atoms with Crippen molar-refractivity contribution in [1.82, 2.24) is 42.5 Å². The summed E-state index contributed by atoms with van der Waals surface area (Å²) in [6, 6.07) is 13.2. The SMILES string of the molecule is CN[C@H](CC(C)C)C(=O)N[C@H]1C(=O)N[C@@H](CC(N)=O)C(=O)N[C@H]2C(=O)N[C@H]3C(=O)N[C@H](C(=O)N[C@H](C(=O)O)c4cc(O)cc(O)c4-c4cc3ccc4O)[C@H](O[C@H]3C[C@](C)(N)[C@@H](O)[C@H](C)O3)c3ccc(c(Cl)c3)Oc3cc2cc(c3O[C@@H]2O[C@H](CO)[C@@H](O)[C@H](O)[C@H]2O[C@H]2C[C@](C)(NCc3ccc4ccccc4c3)[C@@H](O)[C@H](C)O2)Oc2ccc(cc2Cl)[C@H]1O. The van der Waals surface area contributed by atoms with E-state index in [9.17, 15) is 65.4 Å². The van der Waals surface area contributed by atoms with Crippen molar-refractivity contribution >= 4 is 81.3 Å². The van der Waals surface area contributed by atoms with Gasteiger partial charge < -0.3 is 143 Å². The molecule has 0 aliphatic carbocycles. The Labute approximate surface area is 707 Å². The van der Waals surface area contributed by atoms with Crippen LogP contribution in [0, 0.1) is 5.92 Å². The quantitative estimate of drug-likeness (QED) is 0.0586. The van der Waals surface area contributed by atoms with Gasteiger partial charge in [-0.15, -0.1) is 0 Å². The molecule has 0 spiro atoms. The Morgan fingerprint density at radius 3 is 1.91 bits per heavy atom. The number of aliphatic hydroxyl groups excluding tert-OH is 6. The van der Waals surface area contributed by atoms with Crippen LogP contribution in [0.3, 0.4) is 0 Å². The number of aliphatic hydroxyl groups is 6. The maximum Gasteiger partial charge on any atom is 0.330 e. The number of phenols is 3. The third-order valence-electron chi connectivity index (χ3n) is 22.6. The average Bonchev–Trinajstić information content (AvgIpc) is 0.764. The number of nitrogens with two attached hydrogens (primary N) is 2. The minimum absolute atomic E-state index is 0.116. The van der Waals surface area contributed by atoms with Crippen molar-refractivity contribution in [3.05, 3.63) is 165 Å². The van der Waals surface area contributed by atoms with Crippen LogP contribution in [0.4, 0.5) is 0 Å². The van der Waals surface area contributed by atoms with Crippen LogP contribution in [0.25, 0.3) is 21.9 Å². The first-order chi connectivity index (χ1) is 57.8. The van der Waals surface area contributed by atoms with Gasteiger partial charge in [0.05, 0.1) is 53.5 Å². The number of rotatable bonds is 18. The number of phenolic OH excluding ortho intramolecular Hbond substituents is 3. The Morgan fingerprint density at radius 1 is 0.648 bits per heavy atom. The second kappa shape index (κ2) is 36.4. The van der Waals surface area contributed by atoms with E-state index in [1.165, 1.54) is 51.2 Å². The van der Waals surface area contributed by atoms with Gasteiger partial charge in [-0.3, -0.25) is 33.6 Å². The zero-order valence-electron chi connectivity index (χ0n) is 66.8. The molecule has 0 radical (unpaired) electrons. The molecule has 3 fully saturated rings. The maximum atomic E-state index is 16.5. The van der Waals surface area contributed by atoms with E-state index in [0.29, 0.717) is 0 Å². The first-order valence-electron chi connectivity index (χ1n) is 39.3. The molecule has 0 unspecified atom stereocenters. The lowest BCUT2D eigenvalue weighted by atomic mass is 9.84. The van der Waals surface area contributed by atoms with Crippen LogP contribution in [-0.2, 0) is 68.6 Å². The van der Waals surface area contributed by atoms with E-state index in [-0.39, 0.29) is 59.2 Å². The first-order valence-corrected chi connectivity index (χ1v) is 40.1. The molecule has 652 valence electrons. The molecule has 8 aliphatic rings. The minimum atomic E-state index is -2.39. The van der Waals surface area contributed by atoms with Gasteiger partial charge in [0, 0.05) is 53.2 Å². The highest BCUT2D eigenvalue weighted by molar-refractivity contribution is 6.32. The van der Waals surface area contributed by atoms with Gasteiger partial charge in [-0.2, -0.15) is 0 Å². The van der Waals surface area contributed by atoms with Crippen molar-refractivity contribution in [3.63, 3.8) is 0 Å². The molecule has 11 bridgehead atoms. The fourth-order valence-electron chi connectivity index (χ4n) is 16.1. The van der Waals surface area contributed by atoms with Crippen LogP contribution in [0.15, 0.2) is 121 Å². The topological polar surface area (TPSA) is 561 Å². The molecule has 38 heteroatoms. The smallest absolute Gasteiger partial charge is 0.330 e. The molecular weight excluding hydrogens is 1640 g/mol. The number of likely N-dealkylation sites (N-methyl/N-ethyl adjacent to an activating group) is 1. The van der Waals surface area contributed by atoms with Gasteiger partial charge in [-0.05, 0) is 146 Å². The van der Waals surface area contributed by atoms with Gasteiger partial charge in [0.25, 0.3) is 0 Å². The number of aromatic hydroxyl groups is 3. The lowest BCUT2D eigenvalue weighted by Crippen LogP contribution is -2.65. The van der Waals surface area contributed by atoms with Gasteiger partial charge in [0.1, 0.15) is 89.5 Å². The van der Waals surface area contributed by atoms with Gasteiger partial charge in [-0.1, -0.05) is 91.6 Å². The molecule has 36 nitrogen and oxygen atoms in total. The number of hydrogen-bond acceptors (Lipinski definition) is 28. The number of aliphatic carboxylic acids is 1. The van der Waals surface area contributed by atoms with Crippen LogP contribution in [0.5, 0.6) is 46.0 Å². The van der Waals surface area contributed by atoms with Crippen molar-refractivity contribution in [2.75, 3.05) is 13.7 Å². The Kier molecular flexibility index (Phi) is 26.6. The number of nitrogens with one attached hydrogen (secondary N) is 8. The third kappa shape index (κ3) is 19.0. The summed E-state index contributed by atoms with van der Waals surface area (Å²) in [6.45, 7) is 9.13. The fraction of sp³-hybridized carbons (Fsp3) is 0.429. The number of fused-ring (bicyclic) bond motifs is 16. The minimum Gasteiger partial charge on any atom is -0.508 e. The number of halogens is 2. The summed E-state index contributed by atoms with van der Waals surface area (Å²) in [5.41, 5.74) is 7.87. The molecule has 7 aromatic rings. The van der Waals surface area contributed by atoms with E-state index in [1.54, 1.807) is 13.8 Å². The van der Waals surface area contributed by atoms with Gasteiger partial charge in [0.15, 0.2) is 36.2 Å². The predicted molar refractivity (Wildman–Crippen MR) is 432 cm³/mol. The first kappa shape index (κ1) is 89.1. The van der Waals surface area contributed by atoms with Crippen LogP contribution in [0.2, 0.25) is 10.0 Å². The van der Waals surface area contributed by atoms with Gasteiger partial charge >= 0.3 is 5.97 Å². The highest BCUT2D eigenvalue weighted by atomic mass is 35.5. The molecule has 0 saturated carbocycles. The number of benzene rings is 7. The van der Waals surface area contributed by atoms with Crippen molar-refractivity contribution in [3.8, 4) is 57.1 Å². The zero-order chi connectivity index (χ0) is 88.0. The Balaban J connectivity index is 1.03. The van der Waals surface area contributed by atoms with Crippen LogP contribution in [0.1, 0.15) is 131 Å². The zero-order valence-corrected chi connectivity index (χ0v) is 68.3. The monoisotopic (exact) mass is 1730 g/mol. The summed E-state index contributed by atoms with van der Waals surface area (Å²) in [4.78, 5) is 121. The fourth-order valence-corrected chi connectivity index (χ4v) is 16.5. The number of hydrogen-bond donors (Lipinski definition) is 20. The number of carboxylic acids is 1. The van der Waals surface area contributed by atoms with E-state index in [1.807, 2.05) is 56.3 Å². The van der Waals surface area contributed by atoms with E-state index in [4.69, 9.17) is 72.6 Å². The molecule has 7 amide bonds. The lowest BCUT2D eigenvalue weighted by molar-refractivity contribution is -0.334. The summed E-state index contributed by atoms with van der Waals surface area (Å²) < 4.78 is 52.9.